The standard InChI is InChI=1S/C14H16Cl3N3O4/c15-14(16,17)13(18-8-11-2-1-7-24-11)19-12(21)9-3-5-10(6-4-9)20(22)23/h3-6,11,13,18H,1-2,7-8H2,(H,19,21). The summed E-state index contributed by atoms with van der Waals surface area (Å²) in [4.78, 5) is 22.3. The number of hydrogen-bond donors (Lipinski definition) is 2. The molecule has 2 N–H and O–H groups in total. The van der Waals surface area contributed by atoms with Gasteiger partial charge in [0.2, 0.25) is 3.79 Å². The fourth-order valence-electron chi connectivity index (χ4n) is 2.25. The maximum Gasteiger partial charge on any atom is 0.269 e. The number of nitrogens with one attached hydrogen (secondary N) is 2. The number of carbonyl (C=O) groups is 1. The van der Waals surface area contributed by atoms with Crippen molar-refractivity contribution in [1.82, 2.24) is 10.6 Å². The Morgan fingerprint density at radius 1 is 1.38 bits per heavy atom. The first-order valence-electron chi connectivity index (χ1n) is 7.24. The highest BCUT2D eigenvalue weighted by molar-refractivity contribution is 6.68. The molecule has 0 radical (unpaired) electrons. The molecule has 1 amide bonds. The average molecular weight is 397 g/mol. The van der Waals surface area contributed by atoms with Crippen molar-refractivity contribution in [3.63, 3.8) is 0 Å². The molecule has 1 fully saturated rings. The van der Waals surface area contributed by atoms with Crippen LogP contribution in [0.15, 0.2) is 24.3 Å². The first-order valence-corrected chi connectivity index (χ1v) is 8.38. The number of ether oxygens (including phenoxy) is 1. The highest BCUT2D eigenvalue weighted by atomic mass is 35.6. The second kappa shape index (κ2) is 8.31. The summed E-state index contributed by atoms with van der Waals surface area (Å²) in [5.74, 6) is -0.513. The van der Waals surface area contributed by atoms with E-state index in [2.05, 4.69) is 10.6 Å². The molecule has 1 aromatic carbocycles. The summed E-state index contributed by atoms with van der Waals surface area (Å²) in [5.41, 5.74) is 0.111. The quantitative estimate of drug-likeness (QED) is 0.334. The van der Waals surface area contributed by atoms with E-state index in [1.807, 2.05) is 0 Å². The van der Waals surface area contributed by atoms with Gasteiger partial charge in [-0.3, -0.25) is 20.2 Å². The minimum Gasteiger partial charge on any atom is -0.377 e. The summed E-state index contributed by atoms with van der Waals surface area (Å²) in [6.45, 7) is 1.12. The summed E-state index contributed by atoms with van der Waals surface area (Å²) in [5, 5.41) is 16.2. The van der Waals surface area contributed by atoms with Crippen molar-refractivity contribution in [2.45, 2.75) is 28.9 Å². The van der Waals surface area contributed by atoms with E-state index in [9.17, 15) is 14.9 Å². The van der Waals surface area contributed by atoms with Crippen molar-refractivity contribution in [2.24, 2.45) is 0 Å². The lowest BCUT2D eigenvalue weighted by molar-refractivity contribution is -0.384. The molecule has 1 aliphatic rings. The number of benzene rings is 1. The number of non-ortho nitro benzene ring substituents is 1. The molecule has 1 aromatic rings. The third-order valence-corrected chi connectivity index (χ3v) is 4.17. The molecule has 1 aliphatic heterocycles. The van der Waals surface area contributed by atoms with Crippen LogP contribution in [0.1, 0.15) is 23.2 Å². The predicted molar refractivity (Wildman–Crippen MR) is 91.6 cm³/mol. The van der Waals surface area contributed by atoms with Crippen molar-refractivity contribution >= 4 is 46.4 Å². The zero-order valence-electron chi connectivity index (χ0n) is 12.5. The number of amides is 1. The Kier molecular flexibility index (Phi) is 6.65. The highest BCUT2D eigenvalue weighted by Gasteiger charge is 2.34. The summed E-state index contributed by atoms with van der Waals surface area (Å²) >= 11 is 17.7. The van der Waals surface area contributed by atoms with E-state index < -0.39 is 20.8 Å². The molecule has 0 bridgehead atoms. The van der Waals surface area contributed by atoms with E-state index in [1.165, 1.54) is 24.3 Å². The van der Waals surface area contributed by atoms with Crippen LogP contribution >= 0.6 is 34.8 Å². The lowest BCUT2D eigenvalue weighted by Gasteiger charge is -2.27. The molecule has 0 saturated carbocycles. The minimum absolute atomic E-state index is 0.0103. The van der Waals surface area contributed by atoms with E-state index in [-0.39, 0.29) is 17.4 Å². The van der Waals surface area contributed by atoms with Crippen LogP contribution in [-0.2, 0) is 4.74 Å². The van der Waals surface area contributed by atoms with Crippen LogP contribution in [0.2, 0.25) is 0 Å². The van der Waals surface area contributed by atoms with E-state index in [0.717, 1.165) is 12.8 Å². The van der Waals surface area contributed by atoms with Gasteiger partial charge in [0.1, 0.15) is 6.17 Å². The van der Waals surface area contributed by atoms with Crippen LogP contribution in [0.25, 0.3) is 0 Å². The number of carbonyl (C=O) groups excluding carboxylic acids is 1. The van der Waals surface area contributed by atoms with Gasteiger partial charge in [-0.15, -0.1) is 0 Å². The van der Waals surface area contributed by atoms with Gasteiger partial charge in [-0.2, -0.15) is 0 Å². The zero-order valence-corrected chi connectivity index (χ0v) is 14.8. The maximum atomic E-state index is 12.3. The van der Waals surface area contributed by atoms with Crippen LogP contribution in [0.5, 0.6) is 0 Å². The second-order valence-corrected chi connectivity index (χ2v) is 7.66. The lowest BCUT2D eigenvalue weighted by Crippen LogP contribution is -2.54. The van der Waals surface area contributed by atoms with Gasteiger partial charge in [0.25, 0.3) is 11.6 Å². The molecule has 10 heteroatoms. The molecule has 7 nitrogen and oxygen atoms in total. The molecular weight excluding hydrogens is 381 g/mol. The van der Waals surface area contributed by atoms with Gasteiger partial charge >= 0.3 is 0 Å². The van der Waals surface area contributed by atoms with E-state index in [0.29, 0.717) is 13.2 Å². The number of rotatable bonds is 6. The van der Waals surface area contributed by atoms with Gasteiger partial charge in [0, 0.05) is 30.8 Å². The predicted octanol–water partition coefficient (Wildman–Crippen LogP) is 2.79. The second-order valence-electron chi connectivity index (χ2n) is 5.30. The molecule has 0 spiro atoms. The third kappa shape index (κ3) is 5.46. The Morgan fingerprint density at radius 3 is 2.54 bits per heavy atom. The van der Waals surface area contributed by atoms with Crippen LogP contribution in [0, 0.1) is 10.1 Å². The number of nitrogens with zero attached hydrogens (tertiary/aromatic N) is 1. The number of nitro benzene ring substituents is 1. The zero-order chi connectivity index (χ0) is 17.7. The fraction of sp³-hybridized carbons (Fsp3) is 0.500. The number of halogens is 3. The number of nitro groups is 1. The summed E-state index contributed by atoms with van der Waals surface area (Å²) in [6, 6.07) is 5.14. The van der Waals surface area contributed by atoms with Crippen molar-refractivity contribution in [1.29, 1.82) is 0 Å². The van der Waals surface area contributed by atoms with Crippen molar-refractivity contribution < 1.29 is 14.5 Å². The normalized spacial score (nSPS) is 19.0. The Balaban J connectivity index is 1.99. The van der Waals surface area contributed by atoms with Crippen LogP contribution < -0.4 is 10.6 Å². The van der Waals surface area contributed by atoms with Crippen LogP contribution in [0.3, 0.4) is 0 Å². The Hall–Kier alpha value is -1.12. The van der Waals surface area contributed by atoms with E-state index in [1.54, 1.807) is 0 Å². The fourth-order valence-corrected chi connectivity index (χ4v) is 2.65. The summed E-state index contributed by atoms with van der Waals surface area (Å²) in [7, 11) is 0. The average Bonchev–Trinajstić information content (AvgIpc) is 3.03. The molecule has 1 saturated heterocycles. The van der Waals surface area contributed by atoms with Gasteiger partial charge in [0.05, 0.1) is 11.0 Å². The Bertz CT molecular complexity index is 586. The van der Waals surface area contributed by atoms with Gasteiger partial charge in [-0.1, -0.05) is 34.8 Å². The molecule has 0 aromatic heterocycles. The molecule has 2 atom stereocenters. The lowest BCUT2D eigenvalue weighted by atomic mass is 10.2. The third-order valence-electron chi connectivity index (χ3n) is 3.52. The van der Waals surface area contributed by atoms with Crippen LogP contribution in [-0.4, -0.2) is 40.0 Å². The molecular formula is C14H16Cl3N3O4. The van der Waals surface area contributed by atoms with Gasteiger partial charge < -0.3 is 10.1 Å². The number of hydrogen-bond acceptors (Lipinski definition) is 5. The smallest absolute Gasteiger partial charge is 0.269 e. The van der Waals surface area contributed by atoms with Gasteiger partial charge in [0.15, 0.2) is 0 Å². The van der Waals surface area contributed by atoms with Crippen molar-refractivity contribution in [2.75, 3.05) is 13.2 Å². The SMILES string of the molecule is O=C(NC(NCC1CCCO1)C(Cl)(Cl)Cl)c1ccc([N+](=O)[O-])cc1. The molecule has 2 unspecified atom stereocenters. The van der Waals surface area contributed by atoms with Crippen LogP contribution in [0.4, 0.5) is 5.69 Å². The van der Waals surface area contributed by atoms with E-state index >= 15 is 0 Å². The Labute approximate surface area is 153 Å². The van der Waals surface area contributed by atoms with Gasteiger partial charge in [-0.05, 0) is 25.0 Å². The first kappa shape index (κ1) is 19.2. The largest absolute Gasteiger partial charge is 0.377 e. The molecule has 132 valence electrons. The van der Waals surface area contributed by atoms with E-state index in [4.69, 9.17) is 39.5 Å². The summed E-state index contributed by atoms with van der Waals surface area (Å²) in [6.07, 6.45) is 0.945. The Morgan fingerprint density at radius 2 is 2.04 bits per heavy atom. The first-order chi connectivity index (χ1) is 11.3. The minimum atomic E-state index is -1.77. The molecule has 2 rings (SSSR count). The summed E-state index contributed by atoms with van der Waals surface area (Å²) < 4.78 is 3.70. The van der Waals surface area contributed by atoms with Crippen molar-refractivity contribution in [3.8, 4) is 0 Å². The molecule has 1 heterocycles. The number of alkyl halides is 3. The molecule has 0 aliphatic carbocycles. The maximum absolute atomic E-state index is 12.3. The van der Waals surface area contributed by atoms with Crippen molar-refractivity contribution in [3.05, 3.63) is 39.9 Å². The monoisotopic (exact) mass is 395 g/mol. The topological polar surface area (TPSA) is 93.5 Å². The molecule has 24 heavy (non-hydrogen) atoms. The van der Waals surface area contributed by atoms with Gasteiger partial charge in [-0.25, -0.2) is 0 Å². The highest BCUT2D eigenvalue weighted by Crippen LogP contribution is 2.29.